The average Bonchev–Trinajstić information content (AvgIpc) is 2.35. The summed E-state index contributed by atoms with van der Waals surface area (Å²) in [6.07, 6.45) is 0.354. The molecule has 0 aromatic rings. The third-order valence-corrected chi connectivity index (χ3v) is 1.92. The van der Waals surface area contributed by atoms with E-state index in [1.807, 2.05) is 0 Å². The Bertz CT molecular complexity index is 219. The summed E-state index contributed by atoms with van der Waals surface area (Å²) in [6.45, 7) is 0.625. The molecule has 0 radical (unpaired) electrons. The summed E-state index contributed by atoms with van der Waals surface area (Å²) in [7, 11) is 0. The van der Waals surface area contributed by atoms with Crippen LogP contribution in [0.5, 0.6) is 0 Å². The number of hydrogen-bond acceptors (Lipinski definition) is 4. The van der Waals surface area contributed by atoms with Crippen molar-refractivity contribution < 1.29 is 9.90 Å². The summed E-state index contributed by atoms with van der Waals surface area (Å²) in [6, 6.07) is -0.886. The quantitative estimate of drug-likeness (QED) is 0.431. The predicted molar refractivity (Wildman–Crippen MR) is 48.4 cm³/mol. The van der Waals surface area contributed by atoms with Gasteiger partial charge in [0.15, 0.2) is 5.17 Å². The van der Waals surface area contributed by atoms with Gasteiger partial charge in [-0.3, -0.25) is 9.79 Å². The van der Waals surface area contributed by atoms with Crippen molar-refractivity contribution in [2.24, 2.45) is 10.7 Å². The second kappa shape index (κ2) is 3.77. The number of nitrogens with zero attached hydrogens (tertiary/aromatic N) is 1. The first-order chi connectivity index (χ1) is 5.59. The van der Waals surface area contributed by atoms with Crippen LogP contribution < -0.4 is 11.1 Å². The van der Waals surface area contributed by atoms with E-state index in [-0.39, 0.29) is 6.04 Å². The number of carboxylic acid groups (broad SMARTS) is 1. The minimum absolute atomic E-state index is 0.0522. The van der Waals surface area contributed by atoms with Crippen LogP contribution in [-0.2, 0) is 4.79 Å². The summed E-state index contributed by atoms with van der Waals surface area (Å²) in [5.41, 5.74) is 5.32. The normalized spacial score (nSPS) is 24.5. The zero-order valence-electron chi connectivity index (χ0n) is 6.40. The first kappa shape index (κ1) is 9.34. The van der Waals surface area contributed by atoms with Crippen LogP contribution in [0.3, 0.4) is 0 Å². The van der Waals surface area contributed by atoms with Gasteiger partial charge in [0.1, 0.15) is 6.04 Å². The third kappa shape index (κ3) is 2.38. The smallest absolute Gasteiger partial charge is 0.320 e. The molecule has 0 saturated heterocycles. The molecule has 1 heterocycles. The standard InChI is InChI=1S/C6H11N3O2S/c7-4(5(10)11)1-3-2-8-6(12)9-3/h3-4H,1-2,7H2,(H,10,11)(H2,8,9,12)/t3?,4-/m0/s1. The minimum atomic E-state index is -0.988. The molecule has 2 atom stereocenters. The van der Waals surface area contributed by atoms with Crippen molar-refractivity contribution in [1.29, 1.82) is 0 Å². The fourth-order valence-corrected chi connectivity index (χ4v) is 1.26. The highest BCUT2D eigenvalue weighted by molar-refractivity contribution is 7.96. The summed E-state index contributed by atoms with van der Waals surface area (Å²) < 4.78 is 0. The molecule has 1 unspecified atom stereocenters. The van der Waals surface area contributed by atoms with Gasteiger partial charge in [-0.25, -0.2) is 0 Å². The number of carboxylic acids is 1. The first-order valence-electron chi connectivity index (χ1n) is 3.58. The van der Waals surface area contributed by atoms with Crippen LogP contribution in [0, 0.1) is 0 Å². The highest BCUT2D eigenvalue weighted by Crippen LogP contribution is 2.06. The molecule has 0 aromatic carbocycles. The van der Waals surface area contributed by atoms with E-state index < -0.39 is 12.0 Å². The number of nitrogens with two attached hydrogens (primary N) is 1. The van der Waals surface area contributed by atoms with E-state index in [0.717, 1.165) is 0 Å². The molecule has 0 spiro atoms. The lowest BCUT2D eigenvalue weighted by atomic mass is 10.1. The second-order valence-corrected chi connectivity index (χ2v) is 3.09. The Hall–Kier alpha value is -0.750. The lowest BCUT2D eigenvalue weighted by Crippen LogP contribution is -2.34. The summed E-state index contributed by atoms with van der Waals surface area (Å²) in [5, 5.41) is 11.9. The lowest BCUT2D eigenvalue weighted by molar-refractivity contribution is -0.138. The van der Waals surface area contributed by atoms with E-state index >= 15 is 0 Å². The molecule has 0 amide bonds. The van der Waals surface area contributed by atoms with Crippen LogP contribution in [0.4, 0.5) is 0 Å². The number of nitrogens with one attached hydrogen (secondary N) is 1. The van der Waals surface area contributed by atoms with Crippen molar-refractivity contribution in [2.75, 3.05) is 6.54 Å². The molecule has 0 fully saturated rings. The summed E-state index contributed by atoms with van der Waals surface area (Å²) >= 11 is 3.98. The molecule has 4 N–H and O–H groups in total. The largest absolute Gasteiger partial charge is 0.480 e. The Morgan fingerprint density at radius 1 is 2.00 bits per heavy atom. The highest BCUT2D eigenvalue weighted by Gasteiger charge is 2.21. The SMILES string of the molecule is N[C@@H](CC1CNC(S)=N1)C(=O)O. The molecule has 0 aromatic heterocycles. The van der Waals surface area contributed by atoms with Crippen LogP contribution in [-0.4, -0.2) is 34.9 Å². The Morgan fingerprint density at radius 2 is 2.67 bits per heavy atom. The second-order valence-electron chi connectivity index (χ2n) is 2.67. The average molecular weight is 189 g/mol. The van der Waals surface area contributed by atoms with Gasteiger partial charge in [-0.15, -0.1) is 12.6 Å². The Kier molecular flexibility index (Phi) is 2.93. The summed E-state index contributed by atoms with van der Waals surface area (Å²) in [4.78, 5) is 14.4. The molecule has 0 saturated carbocycles. The number of rotatable bonds is 3. The van der Waals surface area contributed by atoms with Crippen molar-refractivity contribution in [3.63, 3.8) is 0 Å². The van der Waals surface area contributed by atoms with Crippen molar-refractivity contribution in [2.45, 2.75) is 18.5 Å². The molecule has 1 rings (SSSR count). The molecular formula is C6H11N3O2S. The molecular weight excluding hydrogens is 178 g/mol. The summed E-state index contributed by atoms with van der Waals surface area (Å²) in [5.74, 6) is -0.988. The zero-order valence-corrected chi connectivity index (χ0v) is 7.29. The van der Waals surface area contributed by atoms with Gasteiger partial charge in [-0.05, 0) is 6.42 Å². The van der Waals surface area contributed by atoms with Crippen LogP contribution in [0.25, 0.3) is 0 Å². The van der Waals surface area contributed by atoms with Crippen LogP contribution in [0.15, 0.2) is 4.99 Å². The Labute approximate surface area is 75.5 Å². The van der Waals surface area contributed by atoms with Crippen molar-refractivity contribution in [3.8, 4) is 0 Å². The van der Waals surface area contributed by atoms with Crippen LogP contribution in [0.2, 0.25) is 0 Å². The molecule has 68 valence electrons. The predicted octanol–water partition coefficient (Wildman–Crippen LogP) is -0.954. The van der Waals surface area contributed by atoms with Crippen molar-refractivity contribution in [1.82, 2.24) is 5.32 Å². The van der Waals surface area contributed by atoms with Crippen molar-refractivity contribution >= 4 is 23.8 Å². The van der Waals surface area contributed by atoms with Gasteiger partial charge in [-0.1, -0.05) is 0 Å². The van der Waals surface area contributed by atoms with Gasteiger partial charge in [0.05, 0.1) is 6.04 Å². The topological polar surface area (TPSA) is 87.7 Å². The number of hydrogen-bond donors (Lipinski definition) is 4. The maximum absolute atomic E-state index is 10.4. The molecule has 1 aliphatic rings. The zero-order chi connectivity index (χ0) is 9.14. The van der Waals surface area contributed by atoms with E-state index in [4.69, 9.17) is 10.8 Å². The maximum atomic E-state index is 10.4. The van der Waals surface area contributed by atoms with Gasteiger partial charge < -0.3 is 16.2 Å². The number of carbonyl (C=O) groups is 1. The monoisotopic (exact) mass is 189 g/mol. The van der Waals surface area contributed by atoms with E-state index in [0.29, 0.717) is 18.1 Å². The maximum Gasteiger partial charge on any atom is 0.320 e. The molecule has 6 heteroatoms. The Morgan fingerprint density at radius 3 is 3.08 bits per heavy atom. The number of amidine groups is 1. The molecule has 1 aliphatic heterocycles. The van der Waals surface area contributed by atoms with E-state index in [1.54, 1.807) is 0 Å². The van der Waals surface area contributed by atoms with E-state index in [1.165, 1.54) is 0 Å². The highest BCUT2D eigenvalue weighted by atomic mass is 32.1. The van der Waals surface area contributed by atoms with Gasteiger partial charge in [0.2, 0.25) is 0 Å². The number of aliphatic carboxylic acids is 1. The van der Waals surface area contributed by atoms with Gasteiger partial charge in [-0.2, -0.15) is 0 Å². The van der Waals surface area contributed by atoms with E-state index in [2.05, 4.69) is 22.9 Å². The van der Waals surface area contributed by atoms with Gasteiger partial charge >= 0.3 is 5.97 Å². The minimum Gasteiger partial charge on any atom is -0.480 e. The number of aliphatic imine (C=N–C) groups is 1. The molecule has 0 aliphatic carbocycles. The Balaban J connectivity index is 2.37. The molecule has 12 heavy (non-hydrogen) atoms. The van der Waals surface area contributed by atoms with Crippen LogP contribution in [0.1, 0.15) is 6.42 Å². The van der Waals surface area contributed by atoms with E-state index in [9.17, 15) is 4.79 Å². The van der Waals surface area contributed by atoms with Crippen molar-refractivity contribution in [3.05, 3.63) is 0 Å². The van der Waals surface area contributed by atoms with Gasteiger partial charge in [0.25, 0.3) is 0 Å². The fourth-order valence-electron chi connectivity index (χ4n) is 1.00. The lowest BCUT2D eigenvalue weighted by Gasteiger charge is -2.08. The third-order valence-electron chi connectivity index (χ3n) is 1.64. The first-order valence-corrected chi connectivity index (χ1v) is 4.03. The number of thiol groups is 1. The molecule has 0 bridgehead atoms. The molecule has 5 nitrogen and oxygen atoms in total. The van der Waals surface area contributed by atoms with Crippen LogP contribution >= 0.6 is 12.6 Å². The van der Waals surface area contributed by atoms with Gasteiger partial charge in [0, 0.05) is 6.54 Å². The fraction of sp³-hybridized carbons (Fsp3) is 0.667.